The molecule has 1 saturated heterocycles. The van der Waals surface area contributed by atoms with Gasteiger partial charge in [-0.2, -0.15) is 0 Å². The number of hydrogen-bond acceptors (Lipinski definition) is 3. The number of rotatable bonds is 5. The van der Waals surface area contributed by atoms with E-state index in [1.807, 2.05) is 54.6 Å². The summed E-state index contributed by atoms with van der Waals surface area (Å²) >= 11 is 0. The summed E-state index contributed by atoms with van der Waals surface area (Å²) in [6.45, 7) is 0.374. The zero-order chi connectivity index (χ0) is 17.8. The molecule has 0 saturated carbocycles. The standard InChI is InChI=1S/C20H22N2O3/c1-22-18(23)12-16(19(22)14-8-4-3-5-9-14)20(24)21-13-15-10-6-7-11-17(15)25-2/h3-11,16,19H,12-13H2,1-2H3,(H,21,24)/t16-,19+/m1/s1. The molecule has 1 heterocycles. The number of hydrogen-bond donors (Lipinski definition) is 1. The molecule has 5 nitrogen and oxygen atoms in total. The third kappa shape index (κ3) is 3.50. The second kappa shape index (κ2) is 7.38. The first-order valence-electron chi connectivity index (χ1n) is 8.32. The fourth-order valence-corrected chi connectivity index (χ4v) is 3.37. The van der Waals surface area contributed by atoms with Crippen LogP contribution in [0.3, 0.4) is 0 Å². The van der Waals surface area contributed by atoms with E-state index in [2.05, 4.69) is 5.32 Å². The van der Waals surface area contributed by atoms with E-state index in [4.69, 9.17) is 4.74 Å². The normalized spacial score (nSPS) is 19.8. The van der Waals surface area contributed by atoms with Crippen LogP contribution in [0.15, 0.2) is 54.6 Å². The molecule has 1 aliphatic rings. The van der Waals surface area contributed by atoms with E-state index in [9.17, 15) is 9.59 Å². The number of methoxy groups -OCH3 is 1. The number of amides is 2. The van der Waals surface area contributed by atoms with Gasteiger partial charge in [-0.25, -0.2) is 0 Å². The van der Waals surface area contributed by atoms with E-state index in [1.54, 1.807) is 19.1 Å². The molecule has 0 spiro atoms. The summed E-state index contributed by atoms with van der Waals surface area (Å²) in [5, 5.41) is 2.96. The molecule has 25 heavy (non-hydrogen) atoms. The number of carbonyl (C=O) groups excluding carboxylic acids is 2. The van der Waals surface area contributed by atoms with Crippen LogP contribution >= 0.6 is 0 Å². The minimum Gasteiger partial charge on any atom is -0.496 e. The molecule has 1 N–H and O–H groups in total. The Labute approximate surface area is 147 Å². The second-order valence-electron chi connectivity index (χ2n) is 6.20. The Hall–Kier alpha value is -2.82. The molecule has 2 aromatic carbocycles. The fourth-order valence-electron chi connectivity index (χ4n) is 3.37. The molecule has 3 rings (SSSR count). The van der Waals surface area contributed by atoms with Gasteiger partial charge in [0, 0.05) is 25.6 Å². The zero-order valence-electron chi connectivity index (χ0n) is 14.4. The molecule has 130 valence electrons. The van der Waals surface area contributed by atoms with Gasteiger partial charge in [0.2, 0.25) is 11.8 Å². The van der Waals surface area contributed by atoms with Crippen LogP contribution in [0.2, 0.25) is 0 Å². The molecule has 0 unspecified atom stereocenters. The number of nitrogens with zero attached hydrogens (tertiary/aromatic N) is 1. The number of ether oxygens (including phenoxy) is 1. The number of nitrogens with one attached hydrogen (secondary N) is 1. The topological polar surface area (TPSA) is 58.6 Å². The van der Waals surface area contributed by atoms with Gasteiger partial charge in [0.25, 0.3) is 0 Å². The maximum Gasteiger partial charge on any atom is 0.226 e. The molecular weight excluding hydrogens is 316 g/mol. The van der Waals surface area contributed by atoms with Gasteiger partial charge in [0.1, 0.15) is 5.75 Å². The number of carbonyl (C=O) groups is 2. The first-order chi connectivity index (χ1) is 12.1. The molecule has 0 aromatic heterocycles. The van der Waals surface area contributed by atoms with Gasteiger partial charge >= 0.3 is 0 Å². The van der Waals surface area contributed by atoms with Gasteiger partial charge in [-0.3, -0.25) is 9.59 Å². The summed E-state index contributed by atoms with van der Waals surface area (Å²) in [7, 11) is 3.37. The van der Waals surface area contributed by atoms with Crippen LogP contribution in [0, 0.1) is 5.92 Å². The first kappa shape index (κ1) is 17.0. The van der Waals surface area contributed by atoms with Gasteiger partial charge < -0.3 is 15.0 Å². The van der Waals surface area contributed by atoms with Gasteiger partial charge in [0.15, 0.2) is 0 Å². The van der Waals surface area contributed by atoms with Crippen molar-refractivity contribution in [1.82, 2.24) is 10.2 Å². The average molecular weight is 338 g/mol. The van der Waals surface area contributed by atoms with Crippen LogP contribution in [-0.4, -0.2) is 30.9 Å². The average Bonchev–Trinajstić information content (AvgIpc) is 2.95. The zero-order valence-corrected chi connectivity index (χ0v) is 14.4. The highest BCUT2D eigenvalue weighted by Gasteiger charge is 2.42. The summed E-state index contributed by atoms with van der Waals surface area (Å²) in [6, 6.07) is 17.0. The summed E-state index contributed by atoms with van der Waals surface area (Å²) < 4.78 is 5.31. The summed E-state index contributed by atoms with van der Waals surface area (Å²) in [6.07, 6.45) is 0.230. The summed E-state index contributed by atoms with van der Waals surface area (Å²) in [5.41, 5.74) is 1.89. The molecule has 2 amide bonds. The van der Waals surface area contributed by atoms with Gasteiger partial charge in [-0.05, 0) is 11.6 Å². The van der Waals surface area contributed by atoms with E-state index in [0.29, 0.717) is 6.54 Å². The van der Waals surface area contributed by atoms with Crippen molar-refractivity contribution < 1.29 is 14.3 Å². The highest BCUT2D eigenvalue weighted by molar-refractivity contribution is 5.90. The van der Waals surface area contributed by atoms with Gasteiger partial charge in [0.05, 0.1) is 19.1 Å². The third-order valence-electron chi connectivity index (χ3n) is 4.71. The third-order valence-corrected chi connectivity index (χ3v) is 4.71. The van der Waals surface area contributed by atoms with E-state index < -0.39 is 5.92 Å². The molecule has 1 aliphatic heterocycles. The lowest BCUT2D eigenvalue weighted by atomic mass is 9.93. The Morgan fingerprint density at radius 2 is 1.84 bits per heavy atom. The lowest BCUT2D eigenvalue weighted by Gasteiger charge is -2.25. The second-order valence-corrected chi connectivity index (χ2v) is 6.20. The van der Waals surface area contributed by atoms with Crippen LogP contribution < -0.4 is 10.1 Å². The molecule has 0 aliphatic carbocycles. The van der Waals surface area contributed by atoms with E-state index in [1.165, 1.54) is 0 Å². The number of likely N-dealkylation sites (tertiary alicyclic amines) is 1. The van der Waals surface area contributed by atoms with Crippen molar-refractivity contribution in [2.45, 2.75) is 19.0 Å². The van der Waals surface area contributed by atoms with Crippen molar-refractivity contribution >= 4 is 11.8 Å². The molecule has 5 heteroatoms. The van der Waals surface area contributed by atoms with Crippen molar-refractivity contribution in [3.8, 4) is 5.75 Å². The predicted octanol–water partition coefficient (Wildman–Crippen LogP) is 2.53. The van der Waals surface area contributed by atoms with Gasteiger partial charge in [-0.15, -0.1) is 0 Å². The maximum absolute atomic E-state index is 12.8. The minimum absolute atomic E-state index is 0.00806. The quantitative estimate of drug-likeness (QED) is 0.911. The van der Waals surface area contributed by atoms with Crippen molar-refractivity contribution in [3.05, 3.63) is 65.7 Å². The SMILES string of the molecule is COc1ccccc1CNC(=O)[C@@H]1CC(=O)N(C)[C@H]1c1ccccc1. The summed E-state index contributed by atoms with van der Waals surface area (Å²) in [5.74, 6) is 0.223. The molecule has 2 aromatic rings. The largest absolute Gasteiger partial charge is 0.496 e. The van der Waals surface area contributed by atoms with Gasteiger partial charge in [-0.1, -0.05) is 48.5 Å². The number of para-hydroxylation sites is 1. The Morgan fingerprint density at radius 1 is 1.16 bits per heavy atom. The predicted molar refractivity (Wildman–Crippen MR) is 94.9 cm³/mol. The van der Waals surface area contributed by atoms with Crippen LogP contribution in [0.4, 0.5) is 0 Å². The Balaban J connectivity index is 1.75. The monoisotopic (exact) mass is 338 g/mol. The van der Waals surface area contributed by atoms with Crippen LogP contribution in [0.5, 0.6) is 5.75 Å². The van der Waals surface area contributed by atoms with E-state index in [0.717, 1.165) is 16.9 Å². The van der Waals surface area contributed by atoms with E-state index in [-0.39, 0.29) is 24.3 Å². The fraction of sp³-hybridized carbons (Fsp3) is 0.300. The molecule has 0 radical (unpaired) electrons. The van der Waals surface area contributed by atoms with Crippen molar-refractivity contribution in [1.29, 1.82) is 0 Å². The molecular formula is C20H22N2O3. The first-order valence-corrected chi connectivity index (χ1v) is 8.32. The van der Waals surface area contributed by atoms with E-state index >= 15 is 0 Å². The Morgan fingerprint density at radius 3 is 2.56 bits per heavy atom. The lowest BCUT2D eigenvalue weighted by molar-refractivity contribution is -0.128. The van der Waals surface area contributed by atoms with Crippen LogP contribution in [0.25, 0.3) is 0 Å². The highest BCUT2D eigenvalue weighted by atomic mass is 16.5. The Bertz CT molecular complexity index is 761. The smallest absolute Gasteiger partial charge is 0.226 e. The number of benzene rings is 2. The molecule has 2 atom stereocenters. The highest BCUT2D eigenvalue weighted by Crippen LogP contribution is 2.37. The van der Waals surface area contributed by atoms with Crippen LogP contribution in [-0.2, 0) is 16.1 Å². The van der Waals surface area contributed by atoms with Crippen molar-refractivity contribution in [3.63, 3.8) is 0 Å². The summed E-state index contributed by atoms with van der Waals surface area (Å²) in [4.78, 5) is 26.6. The lowest BCUT2D eigenvalue weighted by Crippen LogP contribution is -2.34. The maximum atomic E-state index is 12.8. The minimum atomic E-state index is -0.394. The molecule has 1 fully saturated rings. The Kier molecular flexibility index (Phi) is 5.03. The van der Waals surface area contributed by atoms with Crippen molar-refractivity contribution in [2.24, 2.45) is 5.92 Å². The van der Waals surface area contributed by atoms with Crippen LogP contribution in [0.1, 0.15) is 23.6 Å². The van der Waals surface area contributed by atoms with Crippen molar-refractivity contribution in [2.75, 3.05) is 14.2 Å². The molecule has 0 bridgehead atoms.